The largest absolute Gasteiger partial charge is 0.342 e. The van der Waals surface area contributed by atoms with E-state index in [2.05, 4.69) is 0 Å². The van der Waals surface area contributed by atoms with Gasteiger partial charge in [-0.05, 0) is 26.0 Å². The van der Waals surface area contributed by atoms with Gasteiger partial charge in [-0.2, -0.15) is 0 Å². The maximum Gasteiger partial charge on any atom is 0.265 e. The van der Waals surface area contributed by atoms with Crippen LogP contribution in [0.3, 0.4) is 0 Å². The van der Waals surface area contributed by atoms with Crippen molar-refractivity contribution in [2.75, 3.05) is 23.9 Å². The van der Waals surface area contributed by atoms with Crippen LogP contribution >= 0.6 is 0 Å². The van der Waals surface area contributed by atoms with Gasteiger partial charge in [0, 0.05) is 24.2 Å². The molecule has 0 spiro atoms. The first-order chi connectivity index (χ1) is 11.5. The standard InChI is InChI=1S/C18H20N2O3S/c1-3-19(4-2)18(21)13-20-16-11-7-5-9-14(16)15-10-6-8-12-17(15)24(20,22)23/h5-12H,3-4,13H2,1-2H3. The average Bonchev–Trinajstić information content (AvgIpc) is 2.60. The molecular weight excluding hydrogens is 324 g/mol. The molecule has 6 heteroatoms. The molecule has 3 rings (SSSR count). The Bertz CT molecular complexity index is 873. The summed E-state index contributed by atoms with van der Waals surface area (Å²) in [7, 11) is -3.76. The van der Waals surface area contributed by atoms with Gasteiger partial charge in [-0.25, -0.2) is 8.42 Å². The normalized spacial score (nSPS) is 14.7. The molecule has 2 aromatic rings. The van der Waals surface area contributed by atoms with Crippen molar-refractivity contribution < 1.29 is 13.2 Å². The van der Waals surface area contributed by atoms with Crippen molar-refractivity contribution in [3.05, 3.63) is 48.5 Å². The molecule has 0 fully saturated rings. The molecule has 0 unspecified atom stereocenters. The minimum Gasteiger partial charge on any atom is -0.342 e. The van der Waals surface area contributed by atoms with Crippen LogP contribution in [0.1, 0.15) is 13.8 Å². The van der Waals surface area contributed by atoms with Crippen molar-refractivity contribution in [2.45, 2.75) is 18.7 Å². The molecular formula is C18H20N2O3S. The maximum atomic E-state index is 13.1. The van der Waals surface area contributed by atoms with Gasteiger partial charge in [-0.1, -0.05) is 36.4 Å². The van der Waals surface area contributed by atoms with E-state index in [1.165, 1.54) is 4.31 Å². The van der Waals surface area contributed by atoms with Crippen molar-refractivity contribution in [1.29, 1.82) is 0 Å². The topological polar surface area (TPSA) is 57.7 Å². The van der Waals surface area contributed by atoms with E-state index in [1.54, 1.807) is 35.2 Å². The molecule has 0 aliphatic carbocycles. The zero-order chi connectivity index (χ0) is 17.3. The Kier molecular flexibility index (Phi) is 4.32. The van der Waals surface area contributed by atoms with E-state index >= 15 is 0 Å². The predicted octanol–water partition coefficient (Wildman–Crippen LogP) is 2.73. The molecule has 0 N–H and O–H groups in total. The fourth-order valence-corrected chi connectivity index (χ4v) is 4.69. The van der Waals surface area contributed by atoms with Crippen molar-refractivity contribution in [3.8, 4) is 11.1 Å². The molecule has 1 aliphatic heterocycles. The summed E-state index contributed by atoms with van der Waals surface area (Å²) in [6.45, 7) is 4.70. The predicted molar refractivity (Wildman–Crippen MR) is 94.3 cm³/mol. The Morgan fingerprint density at radius 2 is 1.54 bits per heavy atom. The molecule has 0 bridgehead atoms. The van der Waals surface area contributed by atoms with Crippen LogP contribution in [-0.4, -0.2) is 38.9 Å². The Balaban J connectivity index is 2.12. The fraction of sp³-hybridized carbons (Fsp3) is 0.278. The van der Waals surface area contributed by atoms with Crippen LogP contribution in [0.2, 0.25) is 0 Å². The van der Waals surface area contributed by atoms with Crippen LogP contribution in [0.25, 0.3) is 11.1 Å². The number of hydrogen-bond acceptors (Lipinski definition) is 3. The zero-order valence-electron chi connectivity index (χ0n) is 13.8. The van der Waals surface area contributed by atoms with Crippen molar-refractivity contribution >= 4 is 21.6 Å². The van der Waals surface area contributed by atoms with Crippen molar-refractivity contribution in [1.82, 2.24) is 4.90 Å². The lowest BCUT2D eigenvalue weighted by Gasteiger charge is -2.33. The average molecular weight is 344 g/mol. The minimum atomic E-state index is -3.76. The number of carbonyl (C=O) groups excluding carboxylic acids is 1. The van der Waals surface area contributed by atoms with Crippen LogP contribution in [0.15, 0.2) is 53.4 Å². The second kappa shape index (κ2) is 6.28. The zero-order valence-corrected chi connectivity index (χ0v) is 14.6. The highest BCUT2D eigenvalue weighted by Gasteiger charge is 2.36. The first-order valence-corrected chi connectivity index (χ1v) is 9.43. The number of para-hydroxylation sites is 1. The molecule has 0 saturated heterocycles. The highest BCUT2D eigenvalue weighted by atomic mass is 32.2. The molecule has 1 amide bonds. The van der Waals surface area contributed by atoms with Crippen LogP contribution in [0.5, 0.6) is 0 Å². The Morgan fingerprint density at radius 1 is 0.958 bits per heavy atom. The number of anilines is 1. The smallest absolute Gasteiger partial charge is 0.265 e. The molecule has 2 aromatic carbocycles. The van der Waals surface area contributed by atoms with Gasteiger partial charge >= 0.3 is 0 Å². The van der Waals surface area contributed by atoms with Crippen LogP contribution in [-0.2, 0) is 14.8 Å². The first kappa shape index (κ1) is 16.5. The van der Waals surface area contributed by atoms with Gasteiger partial charge in [0.25, 0.3) is 10.0 Å². The number of nitrogens with zero attached hydrogens (tertiary/aromatic N) is 2. The number of fused-ring (bicyclic) bond motifs is 3. The first-order valence-electron chi connectivity index (χ1n) is 7.99. The summed E-state index contributed by atoms with van der Waals surface area (Å²) in [5.74, 6) is -0.197. The lowest BCUT2D eigenvalue weighted by molar-refractivity contribution is -0.129. The summed E-state index contributed by atoms with van der Waals surface area (Å²) < 4.78 is 27.3. The van der Waals surface area contributed by atoms with Gasteiger partial charge < -0.3 is 4.90 Å². The van der Waals surface area contributed by atoms with Crippen molar-refractivity contribution in [2.24, 2.45) is 0 Å². The lowest BCUT2D eigenvalue weighted by Crippen LogP contribution is -2.44. The summed E-state index contributed by atoms with van der Waals surface area (Å²) >= 11 is 0. The number of hydrogen-bond donors (Lipinski definition) is 0. The van der Waals surface area contributed by atoms with E-state index in [0.29, 0.717) is 24.3 Å². The summed E-state index contributed by atoms with van der Waals surface area (Å²) in [4.78, 5) is 14.4. The number of likely N-dealkylation sites (N-methyl/N-ethyl adjacent to an activating group) is 1. The summed E-state index contributed by atoms with van der Waals surface area (Å²) in [6.07, 6.45) is 0. The Hall–Kier alpha value is -2.34. The van der Waals surface area contributed by atoms with E-state index in [0.717, 1.165) is 5.56 Å². The van der Waals surface area contributed by atoms with E-state index in [1.807, 2.05) is 32.0 Å². The van der Waals surface area contributed by atoms with Crippen molar-refractivity contribution in [3.63, 3.8) is 0 Å². The molecule has 0 aromatic heterocycles. The monoisotopic (exact) mass is 344 g/mol. The van der Waals surface area contributed by atoms with E-state index in [-0.39, 0.29) is 17.3 Å². The molecule has 0 atom stereocenters. The fourth-order valence-electron chi connectivity index (χ4n) is 3.05. The van der Waals surface area contributed by atoms with Gasteiger partial charge in [-0.3, -0.25) is 9.10 Å². The molecule has 0 saturated carbocycles. The van der Waals surface area contributed by atoms with Gasteiger partial charge in [0.15, 0.2) is 0 Å². The number of carbonyl (C=O) groups is 1. The SMILES string of the molecule is CCN(CC)C(=O)CN1c2ccccc2-c2ccccc2S1(=O)=O. The lowest BCUT2D eigenvalue weighted by atomic mass is 10.0. The Morgan fingerprint density at radius 3 is 2.21 bits per heavy atom. The number of sulfonamides is 1. The Labute approximate surface area is 142 Å². The molecule has 5 nitrogen and oxygen atoms in total. The van der Waals surface area contributed by atoms with Gasteiger partial charge in [-0.15, -0.1) is 0 Å². The van der Waals surface area contributed by atoms with Gasteiger partial charge in [0.2, 0.25) is 5.91 Å². The summed E-state index contributed by atoms with van der Waals surface area (Å²) in [5.41, 5.74) is 2.06. The molecule has 1 aliphatic rings. The van der Waals surface area contributed by atoms with E-state index in [9.17, 15) is 13.2 Å². The third-order valence-corrected chi connectivity index (χ3v) is 6.13. The second-order valence-electron chi connectivity index (χ2n) is 5.59. The molecule has 1 heterocycles. The molecule has 0 radical (unpaired) electrons. The van der Waals surface area contributed by atoms with E-state index < -0.39 is 10.0 Å². The number of amides is 1. The quantitative estimate of drug-likeness (QED) is 0.857. The summed E-state index contributed by atoms with van der Waals surface area (Å²) in [5, 5.41) is 0. The number of benzene rings is 2. The third-order valence-electron chi connectivity index (χ3n) is 4.31. The van der Waals surface area contributed by atoms with Gasteiger partial charge in [0.05, 0.1) is 10.6 Å². The van der Waals surface area contributed by atoms with Gasteiger partial charge in [0.1, 0.15) is 6.54 Å². The number of rotatable bonds is 4. The molecule has 126 valence electrons. The maximum absolute atomic E-state index is 13.1. The van der Waals surface area contributed by atoms with Crippen LogP contribution < -0.4 is 4.31 Å². The highest BCUT2D eigenvalue weighted by molar-refractivity contribution is 7.93. The second-order valence-corrected chi connectivity index (χ2v) is 7.42. The third kappa shape index (κ3) is 2.57. The summed E-state index contributed by atoms with van der Waals surface area (Å²) in [6, 6.07) is 14.2. The molecule has 24 heavy (non-hydrogen) atoms. The van der Waals surface area contributed by atoms with E-state index in [4.69, 9.17) is 0 Å². The minimum absolute atomic E-state index is 0.185. The van der Waals surface area contributed by atoms with Crippen LogP contribution in [0.4, 0.5) is 5.69 Å². The highest BCUT2D eigenvalue weighted by Crippen LogP contribution is 2.42. The van der Waals surface area contributed by atoms with Crippen LogP contribution in [0, 0.1) is 0 Å².